The average Bonchev–Trinajstić information content (AvgIpc) is 2.34. The molecule has 0 saturated carbocycles. The smallest absolute Gasteiger partial charge is 0.337 e. The normalized spacial score (nSPS) is 10.7. The van der Waals surface area contributed by atoms with Crippen LogP contribution in [0.15, 0.2) is 12.1 Å². The van der Waals surface area contributed by atoms with Crippen LogP contribution in [0.2, 0.25) is 0 Å². The minimum atomic E-state index is -0.459. The van der Waals surface area contributed by atoms with Crippen LogP contribution in [0.25, 0.3) is 0 Å². The Labute approximate surface area is 107 Å². The van der Waals surface area contributed by atoms with Gasteiger partial charge in [0.1, 0.15) is 11.8 Å². The molecule has 0 fully saturated rings. The number of methoxy groups -OCH3 is 2. The fraction of sp³-hybridized carbons (Fsp3) is 0.429. The van der Waals surface area contributed by atoms with E-state index in [1.807, 2.05) is 26.8 Å². The van der Waals surface area contributed by atoms with Crippen LogP contribution in [0, 0.1) is 11.3 Å². The Bertz CT molecular complexity index is 507. The zero-order valence-electron chi connectivity index (χ0n) is 11.3. The van der Waals surface area contributed by atoms with Gasteiger partial charge in [0, 0.05) is 5.56 Å². The van der Waals surface area contributed by atoms with E-state index in [0.717, 1.165) is 5.56 Å². The Hall–Kier alpha value is -2.02. The van der Waals surface area contributed by atoms with Gasteiger partial charge in [0.15, 0.2) is 0 Å². The molecule has 0 atom stereocenters. The second-order valence-electron chi connectivity index (χ2n) is 4.96. The molecule has 1 aromatic carbocycles. The molecule has 0 N–H and O–H groups in total. The van der Waals surface area contributed by atoms with Crippen molar-refractivity contribution in [3.8, 4) is 11.8 Å². The van der Waals surface area contributed by atoms with Crippen LogP contribution in [0.3, 0.4) is 0 Å². The highest BCUT2D eigenvalue weighted by Crippen LogP contribution is 2.35. The summed E-state index contributed by atoms with van der Waals surface area (Å²) in [5.74, 6) is 0.0531. The second kappa shape index (κ2) is 5.09. The summed E-state index contributed by atoms with van der Waals surface area (Å²) in [7, 11) is 2.83. The minimum Gasteiger partial charge on any atom is -0.495 e. The number of hydrogen-bond donors (Lipinski definition) is 0. The molecule has 0 aromatic heterocycles. The number of ether oxygens (including phenoxy) is 2. The van der Waals surface area contributed by atoms with Crippen LogP contribution in [0.1, 0.15) is 42.3 Å². The van der Waals surface area contributed by atoms with Crippen LogP contribution in [-0.2, 0) is 10.2 Å². The highest BCUT2D eigenvalue weighted by Gasteiger charge is 2.24. The van der Waals surface area contributed by atoms with Gasteiger partial charge in [-0.25, -0.2) is 4.79 Å². The number of rotatable bonds is 2. The van der Waals surface area contributed by atoms with Gasteiger partial charge in [-0.3, -0.25) is 0 Å². The standard InChI is InChI=1S/C14H17NO3/c1-14(2,3)11-7-9(13(16)18-5)6-10(8-15)12(11)17-4/h6-7H,1-5H3. The third-order valence-electron chi connectivity index (χ3n) is 2.64. The summed E-state index contributed by atoms with van der Waals surface area (Å²) in [6.07, 6.45) is 0. The quantitative estimate of drug-likeness (QED) is 0.754. The lowest BCUT2D eigenvalue weighted by atomic mass is 9.84. The van der Waals surface area contributed by atoms with Crippen LogP contribution >= 0.6 is 0 Å². The van der Waals surface area contributed by atoms with Crippen molar-refractivity contribution in [1.82, 2.24) is 0 Å². The molecular weight excluding hydrogens is 230 g/mol. The molecule has 0 bridgehead atoms. The van der Waals surface area contributed by atoms with Gasteiger partial charge in [-0.1, -0.05) is 20.8 Å². The Morgan fingerprint density at radius 2 is 1.89 bits per heavy atom. The average molecular weight is 247 g/mol. The number of carbonyl (C=O) groups excluding carboxylic acids is 1. The second-order valence-corrected chi connectivity index (χ2v) is 4.96. The molecule has 4 nitrogen and oxygen atoms in total. The molecule has 0 heterocycles. The molecule has 0 spiro atoms. The van der Waals surface area contributed by atoms with Crippen molar-refractivity contribution in [1.29, 1.82) is 5.26 Å². The Balaban J connectivity index is 3.57. The van der Waals surface area contributed by atoms with Crippen molar-refractivity contribution in [3.05, 3.63) is 28.8 Å². The van der Waals surface area contributed by atoms with Gasteiger partial charge in [-0.2, -0.15) is 5.26 Å². The largest absolute Gasteiger partial charge is 0.495 e. The van der Waals surface area contributed by atoms with E-state index in [1.165, 1.54) is 20.3 Å². The molecule has 0 aliphatic rings. The van der Waals surface area contributed by atoms with Crippen molar-refractivity contribution >= 4 is 5.97 Å². The van der Waals surface area contributed by atoms with Crippen LogP contribution in [0.5, 0.6) is 5.75 Å². The molecule has 1 aromatic rings. The fourth-order valence-electron chi connectivity index (χ4n) is 1.72. The fourth-order valence-corrected chi connectivity index (χ4v) is 1.72. The predicted molar refractivity (Wildman–Crippen MR) is 67.7 cm³/mol. The van der Waals surface area contributed by atoms with Gasteiger partial charge >= 0.3 is 5.97 Å². The summed E-state index contributed by atoms with van der Waals surface area (Å²) in [5.41, 5.74) is 1.27. The van der Waals surface area contributed by atoms with Gasteiger partial charge in [-0.15, -0.1) is 0 Å². The molecule has 0 radical (unpaired) electrons. The molecule has 96 valence electrons. The molecule has 0 aliphatic carbocycles. The van der Waals surface area contributed by atoms with E-state index in [4.69, 9.17) is 10.00 Å². The van der Waals surface area contributed by atoms with E-state index in [-0.39, 0.29) is 5.41 Å². The topological polar surface area (TPSA) is 59.3 Å². The first kappa shape index (κ1) is 14.0. The summed E-state index contributed by atoms with van der Waals surface area (Å²) < 4.78 is 9.98. The molecule has 4 heteroatoms. The Morgan fingerprint density at radius 1 is 1.28 bits per heavy atom. The molecule has 0 aliphatic heterocycles. The van der Waals surface area contributed by atoms with Gasteiger partial charge in [-0.05, 0) is 17.5 Å². The SMILES string of the molecule is COC(=O)c1cc(C#N)c(OC)c(C(C)(C)C)c1. The van der Waals surface area contributed by atoms with E-state index < -0.39 is 5.97 Å². The van der Waals surface area contributed by atoms with E-state index in [9.17, 15) is 4.79 Å². The summed E-state index contributed by atoms with van der Waals surface area (Å²) >= 11 is 0. The maximum absolute atomic E-state index is 11.6. The van der Waals surface area contributed by atoms with Crippen molar-refractivity contribution in [3.63, 3.8) is 0 Å². The zero-order chi connectivity index (χ0) is 13.9. The molecular formula is C14H17NO3. The maximum atomic E-state index is 11.6. The number of nitriles is 1. The van der Waals surface area contributed by atoms with E-state index in [1.54, 1.807) is 6.07 Å². The maximum Gasteiger partial charge on any atom is 0.337 e. The van der Waals surface area contributed by atoms with E-state index in [0.29, 0.717) is 16.9 Å². The number of hydrogen-bond acceptors (Lipinski definition) is 4. The van der Waals surface area contributed by atoms with Gasteiger partial charge in [0.2, 0.25) is 0 Å². The van der Waals surface area contributed by atoms with Crippen LogP contribution < -0.4 is 4.74 Å². The summed E-state index contributed by atoms with van der Waals surface area (Å²) in [6, 6.07) is 5.25. The highest BCUT2D eigenvalue weighted by atomic mass is 16.5. The summed E-state index contributed by atoms with van der Waals surface area (Å²) in [6.45, 7) is 5.98. The van der Waals surface area contributed by atoms with Crippen molar-refractivity contribution in [2.24, 2.45) is 0 Å². The first-order chi connectivity index (χ1) is 8.35. The third-order valence-corrected chi connectivity index (χ3v) is 2.64. The monoisotopic (exact) mass is 247 g/mol. The third kappa shape index (κ3) is 2.62. The van der Waals surface area contributed by atoms with E-state index in [2.05, 4.69) is 4.74 Å². The van der Waals surface area contributed by atoms with Crippen molar-refractivity contribution in [2.75, 3.05) is 14.2 Å². The number of esters is 1. The van der Waals surface area contributed by atoms with E-state index >= 15 is 0 Å². The molecule has 1 rings (SSSR count). The van der Waals surface area contributed by atoms with Gasteiger partial charge < -0.3 is 9.47 Å². The predicted octanol–water partition coefficient (Wildman–Crippen LogP) is 2.65. The van der Waals surface area contributed by atoms with Crippen LogP contribution in [-0.4, -0.2) is 20.2 Å². The van der Waals surface area contributed by atoms with Crippen molar-refractivity contribution < 1.29 is 14.3 Å². The number of carbonyl (C=O) groups is 1. The lowest BCUT2D eigenvalue weighted by Gasteiger charge is -2.23. The minimum absolute atomic E-state index is 0.235. The first-order valence-corrected chi connectivity index (χ1v) is 5.56. The zero-order valence-corrected chi connectivity index (χ0v) is 11.3. The first-order valence-electron chi connectivity index (χ1n) is 5.56. The molecule has 0 saturated heterocycles. The van der Waals surface area contributed by atoms with Gasteiger partial charge in [0.25, 0.3) is 0 Å². The summed E-state index contributed by atoms with van der Waals surface area (Å²) in [4.78, 5) is 11.6. The van der Waals surface area contributed by atoms with Gasteiger partial charge in [0.05, 0.1) is 25.3 Å². The molecule has 18 heavy (non-hydrogen) atoms. The molecule has 0 unspecified atom stereocenters. The van der Waals surface area contributed by atoms with Crippen molar-refractivity contribution in [2.45, 2.75) is 26.2 Å². The lowest BCUT2D eigenvalue weighted by Crippen LogP contribution is -2.15. The molecule has 0 amide bonds. The van der Waals surface area contributed by atoms with Crippen LogP contribution in [0.4, 0.5) is 0 Å². The lowest BCUT2D eigenvalue weighted by molar-refractivity contribution is 0.0600. The number of benzene rings is 1. The summed E-state index contributed by atoms with van der Waals surface area (Å²) in [5, 5.41) is 9.14. The Morgan fingerprint density at radius 3 is 2.28 bits per heavy atom. The highest BCUT2D eigenvalue weighted by molar-refractivity contribution is 5.90. The number of nitrogens with zero attached hydrogens (tertiary/aromatic N) is 1. The Kier molecular flexibility index (Phi) is 3.97.